The molecular weight excluding hydrogens is 498 g/mol. The lowest BCUT2D eigenvalue weighted by Gasteiger charge is -2.30. The Bertz CT molecular complexity index is 1420. The zero-order valence-corrected chi connectivity index (χ0v) is 23.3. The first-order chi connectivity index (χ1) is 19.5. The number of aliphatic carboxylic acids is 1. The fourth-order valence-corrected chi connectivity index (χ4v) is 5.67. The largest absolute Gasteiger partial charge is 0.492 e. The van der Waals surface area contributed by atoms with Crippen LogP contribution in [-0.4, -0.2) is 49.4 Å². The molecule has 1 aliphatic rings. The van der Waals surface area contributed by atoms with Gasteiger partial charge in [-0.1, -0.05) is 84.9 Å². The molecule has 0 radical (unpaired) electrons. The summed E-state index contributed by atoms with van der Waals surface area (Å²) in [7, 11) is 3.60. The van der Waals surface area contributed by atoms with E-state index in [1.54, 1.807) is 0 Å². The molecule has 0 amide bonds. The van der Waals surface area contributed by atoms with Crippen LogP contribution in [0, 0.1) is 0 Å². The number of ether oxygens (including phenoxy) is 2. The molecule has 40 heavy (non-hydrogen) atoms. The number of methoxy groups -OCH3 is 1. The maximum atomic E-state index is 11.2. The van der Waals surface area contributed by atoms with Crippen LogP contribution in [0.4, 0.5) is 0 Å². The number of carboxylic acids is 1. The first-order valence-corrected chi connectivity index (χ1v) is 13.9. The number of likely N-dealkylation sites (N-methyl/N-ethyl adjacent to an activating group) is 1. The molecule has 0 aromatic heterocycles. The molecule has 206 valence electrons. The molecule has 0 spiro atoms. The fraction of sp³-hybridized carbons (Fsp3) is 0.286. The second-order valence-electron chi connectivity index (χ2n) is 10.5. The third kappa shape index (κ3) is 6.61. The number of fused-ring (bicyclic) bond motifs is 2. The predicted octanol–water partition coefficient (Wildman–Crippen LogP) is 6.12. The SMILES string of the molecule is COC(Cc1ccc(OCCN(C)C2c3ccccc3CCc3cc(Cc4ccccc4)ccc32)cc1)C(=O)O. The van der Waals surface area contributed by atoms with Gasteiger partial charge >= 0.3 is 5.97 Å². The number of hydrogen-bond donors (Lipinski definition) is 1. The Balaban J connectivity index is 1.29. The molecule has 0 fully saturated rings. The minimum absolute atomic E-state index is 0.160. The molecule has 5 nitrogen and oxygen atoms in total. The first-order valence-electron chi connectivity index (χ1n) is 13.9. The Labute approximate surface area is 237 Å². The Kier molecular flexibility index (Phi) is 8.94. The van der Waals surface area contributed by atoms with E-state index < -0.39 is 12.1 Å². The fourth-order valence-electron chi connectivity index (χ4n) is 5.67. The van der Waals surface area contributed by atoms with E-state index in [-0.39, 0.29) is 6.04 Å². The van der Waals surface area contributed by atoms with Gasteiger partial charge in [0.25, 0.3) is 0 Å². The van der Waals surface area contributed by atoms with Crippen molar-refractivity contribution in [3.63, 3.8) is 0 Å². The normalized spacial score (nSPS) is 15.1. The van der Waals surface area contributed by atoms with Gasteiger partial charge in [0.05, 0.1) is 6.04 Å². The van der Waals surface area contributed by atoms with Gasteiger partial charge in [-0.05, 0) is 77.4 Å². The molecule has 1 aliphatic carbocycles. The van der Waals surface area contributed by atoms with Crippen LogP contribution in [0.25, 0.3) is 0 Å². The molecule has 0 aliphatic heterocycles. The van der Waals surface area contributed by atoms with Crippen LogP contribution >= 0.6 is 0 Å². The summed E-state index contributed by atoms with van der Waals surface area (Å²) >= 11 is 0. The molecule has 5 rings (SSSR count). The second-order valence-corrected chi connectivity index (χ2v) is 10.5. The highest BCUT2D eigenvalue weighted by Crippen LogP contribution is 2.36. The maximum absolute atomic E-state index is 11.2. The summed E-state index contributed by atoms with van der Waals surface area (Å²) in [4.78, 5) is 13.6. The number of rotatable bonds is 11. The number of aryl methyl sites for hydroxylation is 2. The third-order valence-corrected chi connectivity index (χ3v) is 7.82. The Morgan fingerprint density at radius 2 is 1.52 bits per heavy atom. The van der Waals surface area contributed by atoms with E-state index in [0.717, 1.165) is 37.1 Å². The number of hydrogen-bond acceptors (Lipinski definition) is 4. The summed E-state index contributed by atoms with van der Waals surface area (Å²) in [5.74, 6) is -0.186. The van der Waals surface area contributed by atoms with Crippen LogP contribution in [0.1, 0.15) is 45.0 Å². The second kappa shape index (κ2) is 12.9. The molecule has 2 unspecified atom stereocenters. The zero-order chi connectivity index (χ0) is 27.9. The third-order valence-electron chi connectivity index (χ3n) is 7.82. The van der Waals surface area contributed by atoms with Crippen molar-refractivity contribution in [2.24, 2.45) is 0 Å². The van der Waals surface area contributed by atoms with Gasteiger partial charge in [0, 0.05) is 20.1 Å². The summed E-state index contributed by atoms with van der Waals surface area (Å²) in [6.07, 6.45) is 2.49. The van der Waals surface area contributed by atoms with Gasteiger partial charge in [-0.25, -0.2) is 4.79 Å². The van der Waals surface area contributed by atoms with Crippen LogP contribution in [0.15, 0.2) is 97.1 Å². The van der Waals surface area contributed by atoms with Crippen molar-refractivity contribution in [3.8, 4) is 5.75 Å². The van der Waals surface area contributed by atoms with Crippen LogP contribution in [0.2, 0.25) is 0 Å². The molecule has 2 atom stereocenters. The summed E-state index contributed by atoms with van der Waals surface area (Å²) in [6.45, 7) is 1.31. The van der Waals surface area contributed by atoms with Crippen molar-refractivity contribution >= 4 is 5.97 Å². The first kappa shape index (κ1) is 27.6. The van der Waals surface area contributed by atoms with E-state index >= 15 is 0 Å². The topological polar surface area (TPSA) is 59.0 Å². The van der Waals surface area contributed by atoms with E-state index in [4.69, 9.17) is 9.47 Å². The summed E-state index contributed by atoms with van der Waals surface area (Å²) in [5, 5.41) is 9.22. The van der Waals surface area contributed by atoms with Crippen molar-refractivity contribution in [1.29, 1.82) is 0 Å². The summed E-state index contributed by atoms with van der Waals surface area (Å²) in [6, 6.07) is 34.3. The number of carbonyl (C=O) groups is 1. The molecule has 4 aromatic carbocycles. The average molecular weight is 536 g/mol. The molecule has 4 aromatic rings. The highest BCUT2D eigenvalue weighted by Gasteiger charge is 2.27. The van der Waals surface area contributed by atoms with Crippen molar-refractivity contribution in [1.82, 2.24) is 4.90 Å². The minimum Gasteiger partial charge on any atom is -0.492 e. The Hall–Kier alpha value is -3.93. The van der Waals surface area contributed by atoms with Crippen molar-refractivity contribution in [2.45, 2.75) is 37.8 Å². The maximum Gasteiger partial charge on any atom is 0.333 e. The van der Waals surface area contributed by atoms with Gasteiger partial charge in [0.2, 0.25) is 0 Å². The van der Waals surface area contributed by atoms with Gasteiger partial charge < -0.3 is 14.6 Å². The van der Waals surface area contributed by atoms with Crippen LogP contribution in [-0.2, 0) is 35.2 Å². The van der Waals surface area contributed by atoms with Gasteiger partial charge in [-0.3, -0.25) is 4.90 Å². The number of carboxylic acid groups (broad SMARTS) is 1. The monoisotopic (exact) mass is 535 g/mol. The van der Waals surface area contributed by atoms with E-state index in [1.807, 2.05) is 24.3 Å². The van der Waals surface area contributed by atoms with Crippen molar-refractivity contribution in [2.75, 3.05) is 27.3 Å². The van der Waals surface area contributed by atoms with E-state index in [1.165, 1.54) is 40.5 Å². The van der Waals surface area contributed by atoms with Gasteiger partial charge in [-0.2, -0.15) is 0 Å². The molecule has 5 heteroatoms. The van der Waals surface area contributed by atoms with E-state index in [0.29, 0.717) is 13.0 Å². The van der Waals surface area contributed by atoms with E-state index in [2.05, 4.69) is 84.7 Å². The minimum atomic E-state index is -0.958. The highest BCUT2D eigenvalue weighted by atomic mass is 16.5. The summed E-state index contributed by atoms with van der Waals surface area (Å²) < 4.78 is 11.2. The van der Waals surface area contributed by atoms with Crippen LogP contribution < -0.4 is 4.74 Å². The van der Waals surface area contributed by atoms with E-state index in [9.17, 15) is 9.90 Å². The van der Waals surface area contributed by atoms with Crippen molar-refractivity contribution in [3.05, 3.63) is 136 Å². The number of benzene rings is 4. The van der Waals surface area contributed by atoms with Gasteiger partial charge in [-0.15, -0.1) is 0 Å². The van der Waals surface area contributed by atoms with Crippen LogP contribution in [0.5, 0.6) is 5.75 Å². The molecule has 1 N–H and O–H groups in total. The quantitative estimate of drug-likeness (QED) is 0.251. The lowest BCUT2D eigenvalue weighted by molar-refractivity contribution is -0.148. The lowest BCUT2D eigenvalue weighted by Crippen LogP contribution is -2.30. The smallest absolute Gasteiger partial charge is 0.333 e. The standard InChI is InChI=1S/C35H37NO4/c1-36(20-21-40-30-17-12-26(13-18-30)24-33(39-2)35(37)38)34-31-11-7-6-10-28(31)15-16-29-23-27(14-19-32(29)34)22-25-8-4-3-5-9-25/h3-14,17-19,23,33-34H,15-16,20-22,24H2,1-2H3,(H,37,38). The predicted molar refractivity (Wildman–Crippen MR) is 158 cm³/mol. The molecule has 0 saturated heterocycles. The van der Waals surface area contributed by atoms with Gasteiger partial charge in [0.15, 0.2) is 6.10 Å². The molecule has 0 bridgehead atoms. The lowest BCUT2D eigenvalue weighted by atomic mass is 9.91. The Morgan fingerprint density at radius 3 is 2.27 bits per heavy atom. The van der Waals surface area contributed by atoms with Crippen LogP contribution in [0.3, 0.4) is 0 Å². The van der Waals surface area contributed by atoms with Crippen molar-refractivity contribution < 1.29 is 19.4 Å². The number of nitrogens with zero attached hydrogens (tertiary/aromatic N) is 1. The summed E-state index contributed by atoms with van der Waals surface area (Å²) in [5.41, 5.74) is 9.16. The average Bonchev–Trinajstić information content (AvgIpc) is 3.13. The highest BCUT2D eigenvalue weighted by molar-refractivity contribution is 5.72. The zero-order valence-electron chi connectivity index (χ0n) is 23.3. The van der Waals surface area contributed by atoms with Gasteiger partial charge in [0.1, 0.15) is 12.4 Å². The Morgan fingerprint density at radius 1 is 0.850 bits per heavy atom. The molecule has 0 saturated carbocycles. The molecular formula is C35H37NO4. The molecule has 0 heterocycles.